The fourth-order valence-electron chi connectivity index (χ4n) is 4.01. The van der Waals surface area contributed by atoms with E-state index in [0.29, 0.717) is 24.0 Å². The Morgan fingerprint density at radius 1 is 1.10 bits per heavy atom. The van der Waals surface area contributed by atoms with E-state index in [2.05, 4.69) is 21.3 Å². The minimum Gasteiger partial charge on any atom is -0.355 e. The molecule has 3 heterocycles. The van der Waals surface area contributed by atoms with Gasteiger partial charge in [0.25, 0.3) is 0 Å². The van der Waals surface area contributed by atoms with E-state index in [9.17, 15) is 24.0 Å². The Labute approximate surface area is 184 Å². The van der Waals surface area contributed by atoms with Gasteiger partial charge in [-0.15, -0.1) is 0 Å². The molecule has 3 rings (SSSR count). The molecule has 0 unspecified atom stereocenters. The van der Waals surface area contributed by atoms with Crippen LogP contribution in [0.2, 0.25) is 0 Å². The van der Waals surface area contributed by atoms with Crippen LogP contribution >= 0.6 is 23.5 Å². The molecule has 0 aromatic heterocycles. The van der Waals surface area contributed by atoms with Crippen LogP contribution in [0.3, 0.4) is 0 Å². The molecule has 3 saturated heterocycles. The number of piperidine rings is 1. The smallest absolute Gasteiger partial charge is 0.315 e. The third-order valence-corrected chi connectivity index (χ3v) is 7.86. The minimum atomic E-state index is -0.322. The van der Waals surface area contributed by atoms with Gasteiger partial charge in [0.2, 0.25) is 17.7 Å². The maximum Gasteiger partial charge on any atom is 0.315 e. The first-order valence-corrected chi connectivity index (χ1v) is 12.4. The number of hydrogen-bond donors (Lipinski definition) is 4. The second-order valence-corrected chi connectivity index (χ2v) is 10.3. The normalized spacial score (nSPS) is 26.0. The van der Waals surface area contributed by atoms with Gasteiger partial charge in [0.1, 0.15) is 0 Å². The lowest BCUT2D eigenvalue weighted by atomic mass is 9.94. The highest BCUT2D eigenvalue weighted by atomic mass is 32.2. The molecule has 0 bridgehead atoms. The van der Waals surface area contributed by atoms with Gasteiger partial charge in [-0.05, 0) is 18.8 Å². The van der Waals surface area contributed by atoms with Crippen molar-refractivity contribution in [1.82, 2.24) is 21.3 Å². The number of carbonyl (C=O) groups excluding carboxylic acids is 5. The van der Waals surface area contributed by atoms with Gasteiger partial charge in [0.05, 0.1) is 12.1 Å². The molecule has 5 amide bonds. The highest BCUT2D eigenvalue weighted by molar-refractivity contribution is 8.13. The summed E-state index contributed by atoms with van der Waals surface area (Å²) < 4.78 is 0. The maximum atomic E-state index is 12.0. The zero-order chi connectivity index (χ0) is 21.5. The van der Waals surface area contributed by atoms with E-state index in [0.717, 1.165) is 36.8 Å². The van der Waals surface area contributed by atoms with Crippen LogP contribution in [0, 0.1) is 5.92 Å². The monoisotopic (exact) mass is 456 g/mol. The van der Waals surface area contributed by atoms with Gasteiger partial charge >= 0.3 is 6.03 Å². The van der Waals surface area contributed by atoms with Crippen molar-refractivity contribution >= 4 is 52.4 Å². The van der Waals surface area contributed by atoms with E-state index < -0.39 is 0 Å². The van der Waals surface area contributed by atoms with Crippen LogP contribution in [0.4, 0.5) is 4.79 Å². The molecule has 166 valence electrons. The molecule has 0 aromatic carbocycles. The van der Waals surface area contributed by atoms with Crippen molar-refractivity contribution in [3.05, 3.63) is 0 Å². The van der Waals surface area contributed by atoms with Crippen LogP contribution in [0.1, 0.15) is 44.9 Å². The van der Waals surface area contributed by atoms with E-state index in [-0.39, 0.29) is 66.1 Å². The molecule has 3 atom stereocenters. The molecule has 30 heavy (non-hydrogen) atoms. The Kier molecular flexibility index (Phi) is 8.43. The molecule has 0 spiro atoms. The Hall–Kier alpha value is -1.75. The first-order chi connectivity index (χ1) is 14.4. The number of rotatable bonds is 10. The zero-order valence-electron chi connectivity index (χ0n) is 16.7. The molecule has 4 N–H and O–H groups in total. The van der Waals surface area contributed by atoms with Gasteiger partial charge in [0, 0.05) is 49.0 Å². The second kappa shape index (κ2) is 11.0. The molecule has 0 aliphatic carbocycles. The summed E-state index contributed by atoms with van der Waals surface area (Å²) in [6, 6.07) is 0.350. The van der Waals surface area contributed by atoms with Crippen molar-refractivity contribution < 1.29 is 24.0 Å². The number of unbranched alkanes of at least 4 members (excludes halogenated alkanes) is 1. The minimum absolute atomic E-state index is 0.0228. The summed E-state index contributed by atoms with van der Waals surface area (Å²) in [6.45, 7) is 0.416. The average molecular weight is 457 g/mol. The van der Waals surface area contributed by atoms with E-state index in [1.165, 1.54) is 0 Å². The van der Waals surface area contributed by atoms with Crippen LogP contribution in [0.5, 0.6) is 0 Å². The lowest BCUT2D eigenvalue weighted by molar-refractivity contribution is -0.135. The molecule has 9 nitrogen and oxygen atoms in total. The van der Waals surface area contributed by atoms with Crippen molar-refractivity contribution in [3.8, 4) is 0 Å². The van der Waals surface area contributed by atoms with Crippen LogP contribution in [-0.4, -0.2) is 64.3 Å². The number of amides is 5. The van der Waals surface area contributed by atoms with E-state index in [1.54, 1.807) is 0 Å². The van der Waals surface area contributed by atoms with Crippen molar-refractivity contribution in [3.63, 3.8) is 0 Å². The third kappa shape index (κ3) is 6.90. The SMILES string of the molecule is O=C(CCCC[C@@H]1SC[C@@H]2NC(=O)N[C@@H]21)NCCSC(=O)CC1CC(=O)NC(=O)C1. The van der Waals surface area contributed by atoms with Crippen molar-refractivity contribution in [2.75, 3.05) is 18.1 Å². The number of carbonyl (C=O) groups is 5. The number of thioether (sulfide) groups is 2. The summed E-state index contributed by atoms with van der Waals surface area (Å²) in [4.78, 5) is 58.0. The molecular formula is C19H28N4O5S2. The van der Waals surface area contributed by atoms with E-state index in [4.69, 9.17) is 0 Å². The fraction of sp³-hybridized carbons (Fsp3) is 0.737. The third-order valence-electron chi connectivity index (χ3n) is 5.45. The van der Waals surface area contributed by atoms with Gasteiger partial charge in [-0.3, -0.25) is 24.5 Å². The van der Waals surface area contributed by atoms with Gasteiger partial charge in [-0.2, -0.15) is 11.8 Å². The summed E-state index contributed by atoms with van der Waals surface area (Å²) in [5.41, 5.74) is 0. The number of imide groups is 1. The molecule has 3 aliphatic rings. The zero-order valence-corrected chi connectivity index (χ0v) is 18.4. The van der Waals surface area contributed by atoms with Gasteiger partial charge in [0.15, 0.2) is 5.12 Å². The summed E-state index contributed by atoms with van der Waals surface area (Å²) in [6.07, 6.45) is 3.78. The number of hydrogen-bond acceptors (Lipinski definition) is 7. The number of nitrogens with one attached hydrogen (secondary N) is 4. The Morgan fingerprint density at radius 2 is 1.87 bits per heavy atom. The van der Waals surface area contributed by atoms with Crippen LogP contribution in [0.25, 0.3) is 0 Å². The molecular weight excluding hydrogens is 428 g/mol. The largest absolute Gasteiger partial charge is 0.355 e. The lowest BCUT2D eigenvalue weighted by Gasteiger charge is -2.19. The molecule has 11 heteroatoms. The molecule has 0 radical (unpaired) electrons. The first kappa shape index (κ1) is 22.9. The Bertz CT molecular complexity index is 688. The van der Waals surface area contributed by atoms with Crippen molar-refractivity contribution in [1.29, 1.82) is 0 Å². The Balaban J connectivity index is 1.19. The van der Waals surface area contributed by atoms with E-state index >= 15 is 0 Å². The molecule has 3 aliphatic heterocycles. The lowest BCUT2D eigenvalue weighted by Crippen LogP contribution is -2.39. The quantitative estimate of drug-likeness (QED) is 0.214. The second-order valence-electron chi connectivity index (χ2n) is 7.89. The average Bonchev–Trinajstić information content (AvgIpc) is 3.21. The number of urea groups is 1. The topological polar surface area (TPSA) is 133 Å². The van der Waals surface area contributed by atoms with Gasteiger partial charge in [-0.25, -0.2) is 4.79 Å². The molecule has 0 saturated carbocycles. The summed E-state index contributed by atoms with van der Waals surface area (Å²) in [5, 5.41) is 11.3. The van der Waals surface area contributed by atoms with Gasteiger partial charge < -0.3 is 16.0 Å². The van der Waals surface area contributed by atoms with Crippen LogP contribution in [0.15, 0.2) is 0 Å². The van der Waals surface area contributed by atoms with E-state index in [1.807, 2.05) is 11.8 Å². The predicted octanol–water partition coefficient (Wildman–Crippen LogP) is 0.531. The fourth-order valence-corrected chi connectivity index (χ4v) is 6.34. The summed E-state index contributed by atoms with van der Waals surface area (Å²) >= 11 is 3.00. The highest BCUT2D eigenvalue weighted by Crippen LogP contribution is 2.33. The first-order valence-electron chi connectivity index (χ1n) is 10.3. The predicted molar refractivity (Wildman–Crippen MR) is 115 cm³/mol. The maximum absolute atomic E-state index is 12.0. The molecule has 3 fully saturated rings. The van der Waals surface area contributed by atoms with Crippen LogP contribution in [-0.2, 0) is 19.2 Å². The van der Waals surface area contributed by atoms with Crippen molar-refractivity contribution in [2.24, 2.45) is 5.92 Å². The Morgan fingerprint density at radius 3 is 2.63 bits per heavy atom. The summed E-state index contributed by atoms with van der Waals surface area (Å²) in [7, 11) is 0. The molecule has 0 aromatic rings. The summed E-state index contributed by atoms with van der Waals surface area (Å²) in [5.74, 6) is 0.531. The number of fused-ring (bicyclic) bond motifs is 1. The standard InChI is InChI=1S/C19H28N4O5S2/c24-14(4-2-1-3-13-18-12(10-30-13)21-19(28)23-18)20-5-6-29-17(27)9-11-7-15(25)22-16(26)8-11/h11-13,18H,1-10H2,(H,20,24)(H2,21,23,28)(H,22,25,26)/t12-,13-,18-/m0/s1. The van der Waals surface area contributed by atoms with Gasteiger partial charge in [-0.1, -0.05) is 18.2 Å². The van der Waals surface area contributed by atoms with Crippen molar-refractivity contribution in [2.45, 2.75) is 62.3 Å². The highest BCUT2D eigenvalue weighted by Gasteiger charge is 2.42. The van der Waals surface area contributed by atoms with Crippen LogP contribution < -0.4 is 21.3 Å².